The number of aliphatic hydroxyl groups is 2. The summed E-state index contributed by atoms with van der Waals surface area (Å²) in [6, 6.07) is 35.1. The second-order valence-corrected chi connectivity index (χ2v) is 17.6. The lowest BCUT2D eigenvalue weighted by Crippen LogP contribution is -2.71. The van der Waals surface area contributed by atoms with Crippen LogP contribution in [0.4, 0.5) is 11.4 Å². The minimum absolute atomic E-state index is 0.00421. The Balaban J connectivity index is 0.000000161. The fourth-order valence-corrected chi connectivity index (χ4v) is 10.2. The van der Waals surface area contributed by atoms with Gasteiger partial charge in [0.2, 0.25) is 0 Å². The highest BCUT2D eigenvalue weighted by Gasteiger charge is 2.61. The minimum Gasteiger partial charge on any atom is -0.509 e. The highest BCUT2D eigenvalue weighted by Crippen LogP contribution is 2.50. The van der Waals surface area contributed by atoms with Crippen LogP contribution < -0.4 is 28.7 Å². The van der Waals surface area contributed by atoms with Crippen LogP contribution in [0.5, 0.6) is 23.0 Å². The van der Waals surface area contributed by atoms with Crippen molar-refractivity contribution in [1.82, 2.24) is 29.1 Å². The maximum Gasteiger partial charge on any atom is 0.254 e. The maximum atomic E-state index is 13.2. The zero-order valence-corrected chi connectivity index (χ0v) is 38.6. The maximum absolute atomic E-state index is 13.2. The molecule has 4 aliphatic heterocycles. The van der Waals surface area contributed by atoms with Crippen LogP contribution in [0.15, 0.2) is 127 Å². The molecule has 2 spiro atoms. The lowest BCUT2D eigenvalue weighted by molar-refractivity contribution is 0.0423. The lowest BCUT2D eigenvalue weighted by atomic mass is 9.85. The van der Waals surface area contributed by atoms with Gasteiger partial charge in [-0.1, -0.05) is 54.4 Å². The molecule has 68 heavy (non-hydrogen) atoms. The van der Waals surface area contributed by atoms with Crippen molar-refractivity contribution in [2.75, 3.05) is 70.7 Å². The van der Waals surface area contributed by atoms with E-state index in [1.165, 1.54) is 0 Å². The van der Waals surface area contributed by atoms with Gasteiger partial charge in [0.05, 0.1) is 86.1 Å². The first kappa shape index (κ1) is 43.9. The Bertz CT molecular complexity index is 3100. The topological polar surface area (TPSA) is 212 Å². The number of aromatic nitrogens is 4. The largest absolute Gasteiger partial charge is 0.509 e. The van der Waals surface area contributed by atoms with Crippen LogP contribution in [0, 0.1) is 10.8 Å². The lowest BCUT2D eigenvalue weighted by Gasteiger charge is -2.52. The molecule has 0 radical (unpaired) electrons. The summed E-state index contributed by atoms with van der Waals surface area (Å²) in [5.41, 5.74) is 4.01. The number of imidazole rings is 2. The van der Waals surface area contributed by atoms with Gasteiger partial charge in [-0.05, 0) is 42.7 Å². The summed E-state index contributed by atoms with van der Waals surface area (Å²) in [4.78, 5) is 34.2. The molecule has 6 heterocycles. The van der Waals surface area contributed by atoms with Crippen LogP contribution in [-0.2, 0) is 0 Å². The van der Waals surface area contributed by atoms with Gasteiger partial charge in [0.1, 0.15) is 68.9 Å². The summed E-state index contributed by atoms with van der Waals surface area (Å²) >= 11 is 1.62. The number of H-pyrrole nitrogens is 2. The molecule has 4 aliphatic rings. The van der Waals surface area contributed by atoms with Gasteiger partial charge in [0, 0.05) is 55.1 Å². The fraction of sp³-hybridized carbons (Fsp3) is 0.220. The Morgan fingerprint density at radius 2 is 1.00 bits per heavy atom. The number of fused-ring (bicyclic) bond motifs is 2. The van der Waals surface area contributed by atoms with E-state index in [2.05, 4.69) is 24.2 Å². The number of likely N-dealkylation sites (tertiary alicyclic amines) is 1. The van der Waals surface area contributed by atoms with Crippen LogP contribution in [-0.4, -0.2) is 129 Å². The molecule has 17 nitrogen and oxygen atoms in total. The van der Waals surface area contributed by atoms with Crippen molar-refractivity contribution in [2.24, 2.45) is 0 Å². The summed E-state index contributed by atoms with van der Waals surface area (Å²) in [5.74, 6) is 3.49. The highest BCUT2D eigenvalue weighted by molar-refractivity contribution is 7.96. The summed E-state index contributed by atoms with van der Waals surface area (Å²) in [6.07, 6.45) is 2.01. The number of ether oxygens (including phenoxy) is 4. The van der Waals surface area contributed by atoms with Gasteiger partial charge in [-0.2, -0.15) is 0 Å². The predicted molar refractivity (Wildman–Crippen MR) is 264 cm³/mol. The van der Waals surface area contributed by atoms with Crippen LogP contribution in [0.1, 0.15) is 22.0 Å². The number of para-hydroxylation sites is 4. The van der Waals surface area contributed by atoms with E-state index in [1.54, 1.807) is 86.6 Å². The Morgan fingerprint density at radius 3 is 1.40 bits per heavy atom. The Morgan fingerprint density at radius 1 is 0.603 bits per heavy atom. The minimum atomic E-state index is -1.03. The van der Waals surface area contributed by atoms with Gasteiger partial charge < -0.3 is 53.8 Å². The molecule has 0 saturated carbocycles. The number of methoxy groups -OCH3 is 4. The first-order valence-electron chi connectivity index (χ1n) is 21.6. The van der Waals surface area contributed by atoms with E-state index < -0.39 is 11.1 Å². The number of carbonyl (C=O) groups is 1. The molecule has 0 atom stereocenters. The van der Waals surface area contributed by atoms with E-state index in [0.717, 1.165) is 27.8 Å². The van der Waals surface area contributed by atoms with E-state index in [1.807, 2.05) is 90.0 Å². The monoisotopic (exact) mass is 932 g/mol. The zero-order chi connectivity index (χ0) is 47.5. The number of benzene rings is 5. The van der Waals surface area contributed by atoms with Gasteiger partial charge in [0.15, 0.2) is 0 Å². The molecular weight excluding hydrogens is 885 g/mol. The SMILES string of the molecule is COc1cc(OC)cc(N2C(=N)C(c3nc4ccccc4[nH]3)=C(O)C23CN(C(=O)c2ccccc2)C3)c1.COc1cc(OC)cc(N2C(=N)C(c3nc4ccccc4[nH]3)=C(O)C23CN(SC)C3)c1. The first-order valence-corrected chi connectivity index (χ1v) is 22.8. The summed E-state index contributed by atoms with van der Waals surface area (Å²) in [6.45, 7) is 1.54. The standard InChI is InChI=1S/C28H25N5O4.C22H23N5O3S/c1-36-19-12-18(13-20(14-19)37-2)33-25(29)23(26-30-21-10-6-7-11-22(21)31-26)24(34)28(33)15-32(16-28)27(35)17-8-4-3-5-9-17;1-29-14-8-13(9-15(10-14)30-2)27-20(23)18(19(28)22(27)11-26(12-22)31-3)21-24-16-6-4-5-7-17(16)25-21/h3-14,29,34H,15-16H2,1-2H3,(H,30,31);4-10,23,28H,11-12H2,1-3H3,(H,24,25). The number of hydrogen-bond donors (Lipinski definition) is 6. The molecule has 2 aromatic heterocycles. The Kier molecular flexibility index (Phi) is 11.0. The third kappa shape index (κ3) is 7.02. The quantitative estimate of drug-likeness (QED) is 0.0721. The van der Waals surface area contributed by atoms with E-state index in [-0.39, 0.29) is 42.2 Å². The smallest absolute Gasteiger partial charge is 0.254 e. The van der Waals surface area contributed by atoms with Crippen LogP contribution >= 0.6 is 11.9 Å². The number of anilines is 2. The highest BCUT2D eigenvalue weighted by atomic mass is 32.2. The van der Waals surface area contributed by atoms with Crippen LogP contribution in [0.2, 0.25) is 0 Å². The molecule has 1 amide bonds. The molecule has 18 heteroatoms. The number of carbonyl (C=O) groups excluding carboxylic acids is 1. The van der Waals surface area contributed by atoms with E-state index in [4.69, 9.17) is 24.4 Å². The van der Waals surface area contributed by atoms with E-state index in [0.29, 0.717) is 70.1 Å². The number of nitrogens with one attached hydrogen (secondary N) is 4. The fourth-order valence-electron chi connectivity index (χ4n) is 9.48. The summed E-state index contributed by atoms with van der Waals surface area (Å²) in [5, 5.41) is 41.4. The van der Waals surface area contributed by atoms with E-state index in [9.17, 15) is 20.4 Å². The predicted octanol–water partition coefficient (Wildman–Crippen LogP) is 7.92. The van der Waals surface area contributed by atoms with Gasteiger partial charge in [0.25, 0.3) is 5.91 Å². The summed E-state index contributed by atoms with van der Waals surface area (Å²) < 4.78 is 24.0. The van der Waals surface area contributed by atoms with Crippen molar-refractivity contribution in [3.8, 4) is 23.0 Å². The normalized spacial score (nSPS) is 17.2. The number of aliphatic hydroxyl groups excluding tert-OH is 2. The van der Waals surface area contributed by atoms with Gasteiger partial charge in [-0.15, -0.1) is 0 Å². The van der Waals surface area contributed by atoms with Crippen molar-refractivity contribution in [3.05, 3.63) is 144 Å². The van der Waals surface area contributed by atoms with Gasteiger partial charge in [-0.3, -0.25) is 15.6 Å². The Hall–Kier alpha value is -7.96. The van der Waals surface area contributed by atoms with Gasteiger partial charge >= 0.3 is 0 Å². The third-order valence-electron chi connectivity index (χ3n) is 12.9. The molecule has 0 unspecified atom stereocenters. The first-order chi connectivity index (χ1) is 32.9. The van der Waals surface area contributed by atoms with Crippen molar-refractivity contribution < 1.29 is 34.0 Å². The number of amidine groups is 2. The van der Waals surface area contributed by atoms with Crippen molar-refractivity contribution >= 4 is 74.1 Å². The molecule has 2 saturated heterocycles. The number of amides is 1. The van der Waals surface area contributed by atoms with Crippen LogP contribution in [0.3, 0.4) is 0 Å². The van der Waals surface area contributed by atoms with Crippen LogP contribution in [0.25, 0.3) is 33.2 Å². The van der Waals surface area contributed by atoms with Crippen molar-refractivity contribution in [3.63, 3.8) is 0 Å². The van der Waals surface area contributed by atoms with Crippen molar-refractivity contribution in [2.45, 2.75) is 11.1 Å². The van der Waals surface area contributed by atoms with Gasteiger partial charge in [-0.25, -0.2) is 14.3 Å². The second kappa shape index (κ2) is 17.0. The third-order valence-corrected chi connectivity index (χ3v) is 13.7. The molecule has 5 aromatic carbocycles. The molecule has 2 fully saturated rings. The zero-order valence-electron chi connectivity index (χ0n) is 37.8. The number of aromatic amines is 2. The average Bonchev–Trinajstić information content (AvgIpc) is 4.08. The number of nitrogens with zero attached hydrogens (tertiary/aromatic N) is 6. The summed E-state index contributed by atoms with van der Waals surface area (Å²) in [7, 11) is 6.31. The average molecular weight is 933 g/mol. The molecule has 0 bridgehead atoms. The van der Waals surface area contributed by atoms with Crippen molar-refractivity contribution in [1.29, 1.82) is 10.8 Å². The second-order valence-electron chi connectivity index (χ2n) is 16.7. The number of hydrogen-bond acceptors (Lipinski definition) is 13. The molecule has 11 rings (SSSR count). The molecular formula is C50H48N10O7S. The Labute approximate surface area is 395 Å². The van der Waals surface area contributed by atoms with E-state index >= 15 is 0 Å². The molecule has 7 aromatic rings. The molecule has 0 aliphatic carbocycles. The molecule has 6 N–H and O–H groups in total. The number of rotatable bonds is 10. The molecule has 346 valence electrons.